The zero-order valence-corrected chi connectivity index (χ0v) is 20.6. The Morgan fingerprint density at radius 2 is 1.79 bits per heavy atom. The molecule has 2 aliphatic rings. The second-order valence-corrected chi connectivity index (χ2v) is 8.22. The summed E-state index contributed by atoms with van der Waals surface area (Å²) in [7, 11) is 3.60. The van der Waals surface area contributed by atoms with Gasteiger partial charge in [-0.3, -0.25) is 9.89 Å². The van der Waals surface area contributed by atoms with Crippen molar-refractivity contribution in [2.45, 2.75) is 26.3 Å². The lowest BCUT2D eigenvalue weighted by Gasteiger charge is -2.39. The minimum Gasteiger partial charge on any atom is -0.497 e. The predicted octanol–water partition coefficient (Wildman–Crippen LogP) is 3.24. The molecule has 0 aliphatic carbocycles. The van der Waals surface area contributed by atoms with Crippen LogP contribution in [-0.2, 0) is 4.74 Å². The number of morpholine rings is 1. The number of nitrogens with zero attached hydrogens (tertiary/aromatic N) is 3. The molecule has 2 heterocycles. The van der Waals surface area contributed by atoms with Crippen LogP contribution < -0.4 is 10.1 Å². The minimum absolute atomic E-state index is 0. The molecule has 2 saturated heterocycles. The molecule has 164 valence electrons. The Hall–Kier alpha value is -1.06. The summed E-state index contributed by atoms with van der Waals surface area (Å²) in [6.07, 6.45) is 1.30. The molecule has 3 atom stereocenters. The third-order valence-electron chi connectivity index (χ3n) is 5.82. The van der Waals surface area contributed by atoms with Gasteiger partial charge in [0, 0.05) is 39.8 Å². The van der Waals surface area contributed by atoms with Gasteiger partial charge < -0.3 is 19.7 Å². The third-order valence-corrected chi connectivity index (χ3v) is 5.82. The maximum Gasteiger partial charge on any atom is 0.193 e. The lowest BCUT2D eigenvalue weighted by Crippen LogP contribution is -2.51. The van der Waals surface area contributed by atoms with Crippen LogP contribution >= 0.6 is 24.0 Å². The van der Waals surface area contributed by atoms with E-state index in [0.717, 1.165) is 57.6 Å². The van der Waals surface area contributed by atoms with Gasteiger partial charge >= 0.3 is 0 Å². The molecule has 3 unspecified atom stereocenters. The average molecular weight is 516 g/mol. The van der Waals surface area contributed by atoms with Gasteiger partial charge in [-0.25, -0.2) is 0 Å². The van der Waals surface area contributed by atoms with Crippen LogP contribution in [0, 0.1) is 11.8 Å². The fraction of sp³-hybridized carbons (Fsp3) is 0.682. The second-order valence-electron chi connectivity index (χ2n) is 8.22. The summed E-state index contributed by atoms with van der Waals surface area (Å²) in [5.41, 5.74) is 1.30. The number of hydrogen-bond donors (Lipinski definition) is 1. The number of ether oxygens (including phenoxy) is 2. The molecule has 0 bridgehead atoms. The van der Waals surface area contributed by atoms with Crippen molar-refractivity contribution in [1.82, 2.24) is 15.1 Å². The normalized spacial score (nSPS) is 24.6. The molecule has 7 heteroatoms. The lowest BCUT2D eigenvalue weighted by molar-refractivity contribution is 0.0168. The van der Waals surface area contributed by atoms with E-state index in [2.05, 4.69) is 46.1 Å². The number of benzene rings is 1. The van der Waals surface area contributed by atoms with Crippen molar-refractivity contribution in [3.05, 3.63) is 29.8 Å². The van der Waals surface area contributed by atoms with Crippen LogP contribution in [0.25, 0.3) is 0 Å². The first kappa shape index (κ1) is 24.2. The molecule has 0 radical (unpaired) electrons. The van der Waals surface area contributed by atoms with Gasteiger partial charge in [0.25, 0.3) is 0 Å². The van der Waals surface area contributed by atoms with Gasteiger partial charge in [-0.1, -0.05) is 26.0 Å². The molecule has 1 aromatic carbocycles. The van der Waals surface area contributed by atoms with E-state index in [0.29, 0.717) is 11.8 Å². The van der Waals surface area contributed by atoms with E-state index in [4.69, 9.17) is 9.47 Å². The van der Waals surface area contributed by atoms with Crippen LogP contribution in [0.3, 0.4) is 0 Å². The van der Waals surface area contributed by atoms with Crippen LogP contribution in [0.15, 0.2) is 29.3 Å². The van der Waals surface area contributed by atoms with Crippen molar-refractivity contribution < 1.29 is 9.47 Å². The SMILES string of the molecule is CN=C(NCC(c1ccc(OC)cc1)N1CCOCC1)N1CC(C)CC(C)C1.I. The maximum absolute atomic E-state index is 5.57. The first-order valence-corrected chi connectivity index (χ1v) is 10.5. The third kappa shape index (κ3) is 6.72. The summed E-state index contributed by atoms with van der Waals surface area (Å²) >= 11 is 0. The van der Waals surface area contributed by atoms with Gasteiger partial charge in [0.2, 0.25) is 0 Å². The van der Waals surface area contributed by atoms with Crippen molar-refractivity contribution in [3.63, 3.8) is 0 Å². The zero-order chi connectivity index (χ0) is 19.9. The molecule has 1 aromatic rings. The number of hydrogen-bond acceptors (Lipinski definition) is 4. The quantitative estimate of drug-likeness (QED) is 0.370. The summed E-state index contributed by atoms with van der Waals surface area (Å²) in [6.45, 7) is 11.2. The largest absolute Gasteiger partial charge is 0.497 e. The Balaban J connectivity index is 0.00000300. The topological polar surface area (TPSA) is 49.3 Å². The summed E-state index contributed by atoms with van der Waals surface area (Å²) in [4.78, 5) is 9.51. The Bertz CT molecular complexity index is 624. The average Bonchev–Trinajstić information content (AvgIpc) is 2.71. The first-order chi connectivity index (χ1) is 13.6. The summed E-state index contributed by atoms with van der Waals surface area (Å²) < 4.78 is 10.9. The van der Waals surface area contributed by atoms with Crippen LogP contribution in [0.4, 0.5) is 0 Å². The highest BCUT2D eigenvalue weighted by atomic mass is 127. The van der Waals surface area contributed by atoms with E-state index in [1.807, 2.05) is 19.2 Å². The number of nitrogens with one attached hydrogen (secondary N) is 1. The number of likely N-dealkylation sites (tertiary alicyclic amines) is 1. The molecule has 0 aromatic heterocycles. The van der Waals surface area contributed by atoms with Gasteiger partial charge in [0.05, 0.1) is 26.4 Å². The number of methoxy groups -OCH3 is 1. The number of piperidine rings is 1. The molecular formula is C22H37IN4O2. The number of rotatable bonds is 5. The Labute approximate surface area is 193 Å². The van der Waals surface area contributed by atoms with E-state index in [1.54, 1.807) is 7.11 Å². The summed E-state index contributed by atoms with van der Waals surface area (Å²) in [6, 6.07) is 8.73. The Kier molecular flexibility index (Phi) is 9.98. The van der Waals surface area contributed by atoms with E-state index in [-0.39, 0.29) is 30.0 Å². The molecule has 3 rings (SSSR count). The number of halogens is 1. The van der Waals surface area contributed by atoms with Crippen molar-refractivity contribution >= 4 is 29.9 Å². The molecule has 6 nitrogen and oxygen atoms in total. The van der Waals surface area contributed by atoms with Gasteiger partial charge in [-0.05, 0) is 36.0 Å². The Morgan fingerprint density at radius 3 is 2.34 bits per heavy atom. The number of aliphatic imine (C=N–C) groups is 1. The first-order valence-electron chi connectivity index (χ1n) is 10.5. The van der Waals surface area contributed by atoms with Crippen molar-refractivity contribution in [3.8, 4) is 5.75 Å². The lowest BCUT2D eigenvalue weighted by atomic mass is 9.92. The predicted molar refractivity (Wildman–Crippen MR) is 129 cm³/mol. The van der Waals surface area contributed by atoms with Crippen LogP contribution in [0.2, 0.25) is 0 Å². The van der Waals surface area contributed by atoms with E-state index in [9.17, 15) is 0 Å². The van der Waals surface area contributed by atoms with Gasteiger partial charge in [0.1, 0.15) is 5.75 Å². The standard InChI is InChI=1S/C22H36N4O2.HI/c1-17-13-18(2)16-26(15-17)22(23-3)24-14-21(25-9-11-28-12-10-25)19-5-7-20(27-4)8-6-19;/h5-8,17-18,21H,9-16H2,1-4H3,(H,23,24);1H. The molecular weight excluding hydrogens is 479 g/mol. The monoisotopic (exact) mass is 516 g/mol. The second kappa shape index (κ2) is 12.0. The number of guanidine groups is 1. The minimum atomic E-state index is 0. The highest BCUT2D eigenvalue weighted by molar-refractivity contribution is 14.0. The van der Waals surface area contributed by atoms with Crippen molar-refractivity contribution in [1.29, 1.82) is 0 Å². The van der Waals surface area contributed by atoms with E-state index < -0.39 is 0 Å². The highest BCUT2D eigenvalue weighted by Crippen LogP contribution is 2.25. The molecule has 2 fully saturated rings. The van der Waals surface area contributed by atoms with E-state index in [1.165, 1.54) is 12.0 Å². The van der Waals surface area contributed by atoms with Crippen LogP contribution in [0.1, 0.15) is 31.9 Å². The highest BCUT2D eigenvalue weighted by Gasteiger charge is 2.26. The Morgan fingerprint density at radius 1 is 1.17 bits per heavy atom. The fourth-order valence-corrected chi connectivity index (χ4v) is 4.53. The molecule has 0 saturated carbocycles. The summed E-state index contributed by atoms with van der Waals surface area (Å²) in [5.74, 6) is 3.33. The molecule has 1 N–H and O–H groups in total. The fourth-order valence-electron chi connectivity index (χ4n) is 4.53. The molecule has 29 heavy (non-hydrogen) atoms. The zero-order valence-electron chi connectivity index (χ0n) is 18.3. The van der Waals surface area contributed by atoms with Gasteiger partial charge in [-0.15, -0.1) is 24.0 Å². The van der Waals surface area contributed by atoms with E-state index >= 15 is 0 Å². The van der Waals surface area contributed by atoms with Crippen LogP contribution in [-0.4, -0.2) is 75.9 Å². The molecule has 0 amide bonds. The van der Waals surface area contributed by atoms with Crippen LogP contribution in [0.5, 0.6) is 5.75 Å². The molecule has 0 spiro atoms. The summed E-state index contributed by atoms with van der Waals surface area (Å²) in [5, 5.41) is 3.67. The van der Waals surface area contributed by atoms with Gasteiger partial charge in [0.15, 0.2) is 5.96 Å². The van der Waals surface area contributed by atoms with Gasteiger partial charge in [-0.2, -0.15) is 0 Å². The van der Waals surface area contributed by atoms with Crippen molar-refractivity contribution in [2.75, 3.05) is 60.1 Å². The molecule has 2 aliphatic heterocycles. The van der Waals surface area contributed by atoms with Crippen molar-refractivity contribution in [2.24, 2.45) is 16.8 Å². The maximum atomic E-state index is 5.57. The smallest absolute Gasteiger partial charge is 0.193 e.